The maximum Gasteiger partial charge on any atom is 0.353 e. The lowest BCUT2D eigenvalue weighted by Crippen LogP contribution is -2.68. The van der Waals surface area contributed by atoms with E-state index >= 15 is 0 Å². The average molecular weight is 408 g/mol. The molecule has 2 aliphatic rings. The third-order valence-electron chi connectivity index (χ3n) is 5.59. The fourth-order valence-corrected chi connectivity index (χ4v) is 4.29. The fraction of sp³-hybridized carbons (Fsp3) is 0.348. The number of anilines is 1. The molecule has 0 spiro atoms. The minimum atomic E-state index is -1.44. The summed E-state index contributed by atoms with van der Waals surface area (Å²) in [5.41, 5.74) is 0.505. The normalized spacial score (nSPS) is 20.1. The van der Waals surface area contributed by atoms with Crippen molar-refractivity contribution in [3.05, 3.63) is 59.7 Å². The zero-order chi connectivity index (χ0) is 21.3. The van der Waals surface area contributed by atoms with Crippen molar-refractivity contribution < 1.29 is 23.9 Å². The molecular weight excluding hydrogens is 384 g/mol. The minimum Gasteiger partial charge on any atom is -0.490 e. The summed E-state index contributed by atoms with van der Waals surface area (Å²) < 4.78 is 11.2. The highest BCUT2D eigenvalue weighted by Crippen LogP contribution is 2.44. The summed E-state index contributed by atoms with van der Waals surface area (Å²) >= 11 is 0. The molecule has 0 aromatic heterocycles. The first-order valence-electron chi connectivity index (χ1n) is 10.1. The average Bonchev–Trinajstić information content (AvgIpc) is 3.10. The number of amides is 2. The number of hydrogen-bond acceptors (Lipinski definition) is 5. The van der Waals surface area contributed by atoms with Gasteiger partial charge in [0.2, 0.25) is 11.6 Å². The van der Waals surface area contributed by atoms with Crippen molar-refractivity contribution in [1.29, 1.82) is 0 Å². The molecule has 1 saturated heterocycles. The number of ether oxygens (including phenoxy) is 2. The summed E-state index contributed by atoms with van der Waals surface area (Å²) in [7, 11) is 0. The lowest BCUT2D eigenvalue weighted by molar-refractivity contribution is -0.157. The van der Waals surface area contributed by atoms with Crippen LogP contribution in [0.1, 0.15) is 35.7 Å². The Bertz CT molecular complexity index is 1000. The number of para-hydroxylation sites is 1. The SMILES string of the molecule is CCN1C(=O)c2ccccc2N2C(=O)CC[C@]12C(=O)OCCOc1cccc(C)c1. The van der Waals surface area contributed by atoms with E-state index in [1.807, 2.05) is 31.2 Å². The molecular formula is C23H24N2O5. The highest BCUT2D eigenvalue weighted by Gasteiger charge is 2.61. The molecule has 156 valence electrons. The lowest BCUT2D eigenvalue weighted by atomic mass is 9.96. The number of aryl methyl sites for hydroxylation is 1. The van der Waals surface area contributed by atoms with Crippen LogP contribution in [0.15, 0.2) is 48.5 Å². The Kier molecular flexibility index (Phi) is 5.20. The van der Waals surface area contributed by atoms with Crippen LogP contribution in [-0.4, -0.2) is 48.1 Å². The van der Waals surface area contributed by atoms with Crippen LogP contribution in [0.2, 0.25) is 0 Å². The summed E-state index contributed by atoms with van der Waals surface area (Å²) in [6.45, 7) is 4.24. The van der Waals surface area contributed by atoms with Crippen molar-refractivity contribution >= 4 is 23.5 Å². The number of fused-ring (bicyclic) bond motifs is 3. The third-order valence-corrected chi connectivity index (χ3v) is 5.59. The Hall–Kier alpha value is -3.35. The highest BCUT2D eigenvalue weighted by atomic mass is 16.6. The van der Waals surface area contributed by atoms with Crippen LogP contribution in [-0.2, 0) is 14.3 Å². The molecule has 30 heavy (non-hydrogen) atoms. The number of likely N-dealkylation sites (N-methyl/N-ethyl adjacent to an activating group) is 1. The molecule has 1 atom stereocenters. The quantitative estimate of drug-likeness (QED) is 0.543. The van der Waals surface area contributed by atoms with Gasteiger partial charge in [0.05, 0.1) is 11.3 Å². The van der Waals surface area contributed by atoms with E-state index in [1.165, 1.54) is 9.80 Å². The molecule has 2 heterocycles. The van der Waals surface area contributed by atoms with E-state index in [9.17, 15) is 14.4 Å². The zero-order valence-electron chi connectivity index (χ0n) is 17.1. The van der Waals surface area contributed by atoms with Gasteiger partial charge in [-0.05, 0) is 43.7 Å². The molecule has 2 aliphatic heterocycles. The lowest BCUT2D eigenvalue weighted by Gasteiger charge is -2.48. The second-order valence-electron chi connectivity index (χ2n) is 7.41. The van der Waals surface area contributed by atoms with Gasteiger partial charge in [-0.25, -0.2) is 4.79 Å². The first-order chi connectivity index (χ1) is 14.5. The number of carbonyl (C=O) groups excluding carboxylic acids is 3. The predicted octanol–water partition coefficient (Wildman–Crippen LogP) is 2.92. The summed E-state index contributed by atoms with van der Waals surface area (Å²) in [6, 6.07) is 14.5. The van der Waals surface area contributed by atoms with Crippen molar-refractivity contribution in [1.82, 2.24) is 4.90 Å². The standard InChI is InChI=1S/C23H24N2O5/c1-3-24-21(27)18-9-4-5-10-19(18)25-20(26)11-12-23(24,25)22(28)30-14-13-29-17-8-6-7-16(2)15-17/h4-10,15H,3,11-14H2,1-2H3/t23-/m0/s1. The molecule has 0 unspecified atom stereocenters. The van der Waals surface area contributed by atoms with E-state index in [0.29, 0.717) is 17.0 Å². The highest BCUT2D eigenvalue weighted by molar-refractivity contribution is 6.15. The summed E-state index contributed by atoms with van der Waals surface area (Å²) in [5.74, 6) is -0.377. The Morgan fingerprint density at radius 2 is 1.90 bits per heavy atom. The Morgan fingerprint density at radius 1 is 1.10 bits per heavy atom. The van der Waals surface area contributed by atoms with Crippen LogP contribution in [0.5, 0.6) is 5.75 Å². The summed E-state index contributed by atoms with van der Waals surface area (Å²) in [6.07, 6.45) is 0.379. The van der Waals surface area contributed by atoms with E-state index in [2.05, 4.69) is 0 Å². The molecule has 7 heteroatoms. The number of esters is 1. The van der Waals surface area contributed by atoms with Crippen molar-refractivity contribution in [2.24, 2.45) is 0 Å². The van der Waals surface area contributed by atoms with Gasteiger partial charge >= 0.3 is 5.97 Å². The number of carbonyl (C=O) groups is 3. The van der Waals surface area contributed by atoms with Crippen molar-refractivity contribution in [3.8, 4) is 5.75 Å². The molecule has 0 radical (unpaired) electrons. The molecule has 0 saturated carbocycles. The van der Waals surface area contributed by atoms with Crippen LogP contribution >= 0.6 is 0 Å². The van der Waals surface area contributed by atoms with Crippen LogP contribution in [0.4, 0.5) is 5.69 Å². The molecule has 0 N–H and O–H groups in total. The molecule has 2 aromatic rings. The number of nitrogens with zero attached hydrogens (tertiary/aromatic N) is 2. The van der Waals surface area contributed by atoms with Crippen LogP contribution in [0.25, 0.3) is 0 Å². The molecule has 1 fully saturated rings. The molecule has 0 aliphatic carbocycles. The first kappa shape index (κ1) is 19.9. The fourth-order valence-electron chi connectivity index (χ4n) is 4.29. The number of rotatable bonds is 6. The summed E-state index contributed by atoms with van der Waals surface area (Å²) in [4.78, 5) is 42.0. The van der Waals surface area contributed by atoms with Crippen molar-refractivity contribution in [3.63, 3.8) is 0 Å². The second kappa shape index (κ2) is 7.82. The van der Waals surface area contributed by atoms with Gasteiger partial charge in [0.25, 0.3) is 5.91 Å². The van der Waals surface area contributed by atoms with Crippen LogP contribution < -0.4 is 9.64 Å². The Balaban J connectivity index is 1.55. The molecule has 2 aromatic carbocycles. The first-order valence-corrected chi connectivity index (χ1v) is 10.1. The Morgan fingerprint density at radius 3 is 2.67 bits per heavy atom. The third kappa shape index (κ3) is 3.10. The van der Waals surface area contributed by atoms with Gasteiger partial charge in [-0.1, -0.05) is 24.3 Å². The maximum atomic E-state index is 13.3. The van der Waals surface area contributed by atoms with E-state index in [-0.39, 0.29) is 44.4 Å². The van der Waals surface area contributed by atoms with E-state index < -0.39 is 11.6 Å². The maximum absolute atomic E-state index is 13.3. The van der Waals surface area contributed by atoms with E-state index in [4.69, 9.17) is 9.47 Å². The van der Waals surface area contributed by atoms with E-state index in [0.717, 1.165) is 5.56 Å². The van der Waals surface area contributed by atoms with Crippen molar-refractivity contribution in [2.75, 3.05) is 24.7 Å². The van der Waals surface area contributed by atoms with Gasteiger partial charge in [0.1, 0.15) is 19.0 Å². The largest absolute Gasteiger partial charge is 0.490 e. The molecule has 7 nitrogen and oxygen atoms in total. The van der Waals surface area contributed by atoms with Gasteiger partial charge in [-0.3, -0.25) is 14.5 Å². The van der Waals surface area contributed by atoms with E-state index in [1.54, 1.807) is 31.2 Å². The van der Waals surface area contributed by atoms with Crippen LogP contribution in [0.3, 0.4) is 0 Å². The zero-order valence-corrected chi connectivity index (χ0v) is 17.1. The smallest absolute Gasteiger partial charge is 0.353 e. The molecule has 2 amide bonds. The monoisotopic (exact) mass is 408 g/mol. The van der Waals surface area contributed by atoms with Gasteiger partial charge < -0.3 is 14.4 Å². The number of benzene rings is 2. The van der Waals surface area contributed by atoms with Gasteiger partial charge in [0.15, 0.2) is 0 Å². The topological polar surface area (TPSA) is 76.2 Å². The minimum absolute atomic E-state index is 0.0178. The van der Waals surface area contributed by atoms with Gasteiger partial charge in [-0.15, -0.1) is 0 Å². The predicted molar refractivity (Wildman–Crippen MR) is 110 cm³/mol. The van der Waals surface area contributed by atoms with Crippen LogP contribution in [0, 0.1) is 6.92 Å². The second-order valence-corrected chi connectivity index (χ2v) is 7.41. The van der Waals surface area contributed by atoms with Crippen molar-refractivity contribution in [2.45, 2.75) is 32.4 Å². The van der Waals surface area contributed by atoms with Gasteiger partial charge in [0, 0.05) is 19.4 Å². The summed E-state index contributed by atoms with van der Waals surface area (Å²) in [5, 5.41) is 0. The Labute approximate surface area is 175 Å². The van der Waals surface area contributed by atoms with Gasteiger partial charge in [-0.2, -0.15) is 0 Å². The number of hydrogen-bond donors (Lipinski definition) is 0. The molecule has 4 rings (SSSR count). The molecule has 0 bridgehead atoms.